The summed E-state index contributed by atoms with van der Waals surface area (Å²) in [7, 11) is 0. The quantitative estimate of drug-likeness (QED) is 0.297. The van der Waals surface area contributed by atoms with E-state index in [0.717, 1.165) is 6.42 Å². The Bertz CT molecular complexity index is 1480. The molecular formula is C43H64Cl2Zr. The summed E-state index contributed by atoms with van der Waals surface area (Å²) in [4.78, 5) is 0. The van der Waals surface area contributed by atoms with E-state index in [4.69, 9.17) is 0 Å². The van der Waals surface area contributed by atoms with Gasteiger partial charge in [0.15, 0.2) is 0 Å². The van der Waals surface area contributed by atoms with Gasteiger partial charge in [-0.1, -0.05) is 0 Å². The fourth-order valence-corrected chi connectivity index (χ4v) is 18.5. The number of hydrogen-bond donors (Lipinski definition) is 0. The van der Waals surface area contributed by atoms with Crippen LogP contribution >= 0.6 is 0 Å². The third-order valence-corrected chi connectivity index (χ3v) is 17.7. The number of hydrogen-bond acceptors (Lipinski definition) is 0. The molecule has 0 heterocycles. The third-order valence-electron chi connectivity index (χ3n) is 9.55. The van der Waals surface area contributed by atoms with Gasteiger partial charge in [0.05, 0.1) is 0 Å². The Morgan fingerprint density at radius 3 is 1.48 bits per heavy atom. The molecule has 0 aromatic heterocycles. The SMILES string of the molecule is CC(C)C[C](CC(C)C)=[Zr+2]([c]1c2c(cc(C(C)(C)C)c1C(C)(C)C)-c1cc(C(C)(C)C)c(C(C)(C)C)cc1C2)[CH]1C=CC=C1.[Cl-].[Cl-]. The first-order valence-electron chi connectivity index (χ1n) is 17.5. The van der Waals surface area contributed by atoms with E-state index in [-0.39, 0.29) is 46.5 Å². The number of halogens is 2. The molecule has 0 N–H and O–H groups in total. The zero-order valence-electron chi connectivity index (χ0n) is 32.2. The van der Waals surface area contributed by atoms with Gasteiger partial charge in [0, 0.05) is 0 Å². The van der Waals surface area contributed by atoms with Crippen LogP contribution in [0.1, 0.15) is 157 Å². The fourth-order valence-electron chi connectivity index (χ4n) is 7.78. The van der Waals surface area contributed by atoms with E-state index in [1.807, 2.05) is 6.48 Å². The van der Waals surface area contributed by atoms with Crippen LogP contribution in [0, 0.1) is 11.8 Å². The molecule has 2 aromatic rings. The summed E-state index contributed by atoms with van der Waals surface area (Å²) < 4.78 is 4.40. The Kier molecular flexibility index (Phi) is 13.2. The summed E-state index contributed by atoms with van der Waals surface area (Å²) in [6, 6.07) is 7.92. The maximum Gasteiger partial charge on any atom is -1.00 e. The van der Waals surface area contributed by atoms with Crippen LogP contribution in [-0.2, 0) is 49.3 Å². The maximum absolute atomic E-state index is 2.67. The fraction of sp³-hybridized carbons (Fsp3) is 0.605. The van der Waals surface area contributed by atoms with E-state index < -0.39 is 21.3 Å². The molecule has 2 aliphatic carbocycles. The van der Waals surface area contributed by atoms with Gasteiger partial charge >= 0.3 is 282 Å². The van der Waals surface area contributed by atoms with Crippen molar-refractivity contribution in [3.63, 3.8) is 0 Å². The number of fused-ring (bicyclic) bond motifs is 3. The van der Waals surface area contributed by atoms with E-state index >= 15 is 0 Å². The minimum Gasteiger partial charge on any atom is -1.00 e. The molecule has 0 spiro atoms. The largest absolute Gasteiger partial charge is 1.00 e. The summed E-state index contributed by atoms with van der Waals surface area (Å²) in [5.41, 5.74) is 13.0. The summed E-state index contributed by atoms with van der Waals surface area (Å²) in [6.07, 6.45) is 13.5. The Labute approximate surface area is 304 Å². The van der Waals surface area contributed by atoms with Crippen molar-refractivity contribution in [2.75, 3.05) is 0 Å². The molecule has 0 radical (unpaired) electrons. The number of rotatable bonds is 6. The van der Waals surface area contributed by atoms with Crippen molar-refractivity contribution in [1.82, 2.24) is 0 Å². The van der Waals surface area contributed by atoms with Gasteiger partial charge in [-0.3, -0.25) is 0 Å². The van der Waals surface area contributed by atoms with Gasteiger partial charge in [-0.25, -0.2) is 0 Å². The first kappa shape index (κ1) is 41.4. The molecule has 4 rings (SSSR count). The summed E-state index contributed by atoms with van der Waals surface area (Å²) >= 11 is -2.48. The molecule has 0 saturated carbocycles. The van der Waals surface area contributed by atoms with E-state index in [9.17, 15) is 0 Å². The van der Waals surface area contributed by atoms with Crippen molar-refractivity contribution in [3.8, 4) is 11.1 Å². The molecule has 2 aromatic carbocycles. The third kappa shape index (κ3) is 8.69. The number of allylic oxidation sites excluding steroid dienone is 4. The van der Waals surface area contributed by atoms with E-state index in [1.165, 1.54) is 29.5 Å². The van der Waals surface area contributed by atoms with Crippen LogP contribution < -0.4 is 28.1 Å². The molecule has 2 aliphatic rings. The second kappa shape index (κ2) is 14.6. The molecule has 0 aliphatic heterocycles. The minimum absolute atomic E-state index is 0. The van der Waals surface area contributed by atoms with Crippen LogP contribution in [-0.4, -0.2) is 3.21 Å². The second-order valence-electron chi connectivity index (χ2n) is 18.9. The normalized spacial score (nSPS) is 14.6. The average molecular weight is 743 g/mol. The molecule has 46 heavy (non-hydrogen) atoms. The van der Waals surface area contributed by atoms with Crippen LogP contribution in [0.5, 0.6) is 0 Å². The summed E-state index contributed by atoms with van der Waals surface area (Å²) in [5.74, 6) is 1.37. The smallest absolute Gasteiger partial charge is 1.00 e. The number of benzene rings is 2. The minimum atomic E-state index is -2.48. The summed E-state index contributed by atoms with van der Waals surface area (Å²) in [5, 5.41) is 0. The van der Waals surface area contributed by atoms with Crippen LogP contribution in [0.15, 0.2) is 42.5 Å². The van der Waals surface area contributed by atoms with Gasteiger partial charge in [-0.05, 0) is 0 Å². The zero-order chi connectivity index (χ0) is 33.2. The van der Waals surface area contributed by atoms with E-state index in [2.05, 4.69) is 153 Å². The second-order valence-corrected chi connectivity index (χ2v) is 25.6. The zero-order valence-corrected chi connectivity index (χ0v) is 36.1. The molecule has 3 heteroatoms. The summed E-state index contributed by atoms with van der Waals surface area (Å²) in [6.45, 7) is 39.0. The van der Waals surface area contributed by atoms with Crippen molar-refractivity contribution >= 4 is 6.48 Å². The van der Waals surface area contributed by atoms with Gasteiger partial charge in [-0.15, -0.1) is 0 Å². The molecular weight excluding hydrogens is 679 g/mol. The molecule has 0 amide bonds. The van der Waals surface area contributed by atoms with Gasteiger partial charge < -0.3 is 24.8 Å². The molecule has 254 valence electrons. The van der Waals surface area contributed by atoms with Crippen LogP contribution in [0.3, 0.4) is 0 Å². The predicted molar refractivity (Wildman–Crippen MR) is 195 cm³/mol. The van der Waals surface area contributed by atoms with Gasteiger partial charge in [0.25, 0.3) is 0 Å². The standard InChI is InChI=1S/C29H41.C9H18.C5H5.2ClH.Zr/c1-26(2,3)22-14-18-13-19-15-23(27(4,5)6)25(29(10,11)12)17-21(19)20(18)16-24(22)28(7,8)9;1-8(2)6-5-7-9(3)4;1-2-4-5-3-1;;;/h14,16-17H,13H2,1-12H3;8-9H,6-7H2,1-4H3;1-5H;2*1H;/q;;;;;+2/p-2. The molecule has 0 unspecified atom stereocenters. The Balaban J connectivity index is 0.00000368. The average Bonchev–Trinajstić information content (AvgIpc) is 3.47. The van der Waals surface area contributed by atoms with Gasteiger partial charge in [0.2, 0.25) is 0 Å². The molecule has 0 fully saturated rings. The van der Waals surface area contributed by atoms with Crippen molar-refractivity contribution in [2.45, 2.75) is 155 Å². The molecule has 0 saturated heterocycles. The first-order valence-corrected chi connectivity index (χ1v) is 21.4. The van der Waals surface area contributed by atoms with Crippen molar-refractivity contribution in [3.05, 3.63) is 75.9 Å². The first-order chi connectivity index (χ1) is 20.0. The van der Waals surface area contributed by atoms with Gasteiger partial charge in [0.1, 0.15) is 0 Å². The van der Waals surface area contributed by atoms with Crippen molar-refractivity contribution < 1.29 is 46.1 Å². The molecule has 0 atom stereocenters. The van der Waals surface area contributed by atoms with Gasteiger partial charge in [-0.2, -0.15) is 0 Å². The van der Waals surface area contributed by atoms with E-state index in [1.54, 1.807) is 27.8 Å². The van der Waals surface area contributed by atoms with E-state index in [0.29, 0.717) is 15.5 Å². The van der Waals surface area contributed by atoms with Crippen LogP contribution in [0.4, 0.5) is 0 Å². The molecule has 0 bridgehead atoms. The molecule has 0 nitrogen and oxygen atoms in total. The Morgan fingerprint density at radius 2 is 1.07 bits per heavy atom. The van der Waals surface area contributed by atoms with Crippen LogP contribution in [0.2, 0.25) is 3.63 Å². The van der Waals surface area contributed by atoms with Crippen LogP contribution in [0.25, 0.3) is 11.1 Å². The van der Waals surface area contributed by atoms with Crippen molar-refractivity contribution in [2.24, 2.45) is 11.8 Å². The predicted octanol–water partition coefficient (Wildman–Crippen LogP) is 5.88. The maximum atomic E-state index is 2.67. The Hall–Kier alpha value is -0.747. The Morgan fingerprint density at radius 1 is 0.630 bits per heavy atom. The van der Waals surface area contributed by atoms with Crippen molar-refractivity contribution in [1.29, 1.82) is 0 Å². The topological polar surface area (TPSA) is 0 Å². The monoisotopic (exact) mass is 740 g/mol.